The van der Waals surface area contributed by atoms with Crippen molar-refractivity contribution in [3.8, 4) is 11.8 Å². The summed E-state index contributed by atoms with van der Waals surface area (Å²) in [7, 11) is 0. The standard InChI is InChI=1S/C12H11N5O3/c1-7-6-8(17(18)19)2-3-10(7)20-12-15-5-4-9(16-12)11(13)14/h2-6H,1H3,(H3,13,14). The monoisotopic (exact) mass is 273 g/mol. The van der Waals surface area contributed by atoms with E-state index in [1.807, 2.05) is 0 Å². The second-order valence-corrected chi connectivity index (χ2v) is 3.95. The summed E-state index contributed by atoms with van der Waals surface area (Å²) in [6.45, 7) is 1.68. The molecule has 0 atom stereocenters. The molecule has 8 heteroatoms. The van der Waals surface area contributed by atoms with Crippen LogP contribution in [0.5, 0.6) is 11.8 Å². The molecule has 2 rings (SSSR count). The first-order valence-electron chi connectivity index (χ1n) is 5.57. The molecule has 1 aromatic carbocycles. The quantitative estimate of drug-likeness (QED) is 0.378. The molecule has 0 aliphatic heterocycles. The number of hydrogen-bond donors (Lipinski definition) is 2. The highest BCUT2D eigenvalue weighted by Crippen LogP contribution is 2.26. The summed E-state index contributed by atoms with van der Waals surface area (Å²) in [5, 5.41) is 17.9. The van der Waals surface area contributed by atoms with Crippen LogP contribution < -0.4 is 10.5 Å². The lowest BCUT2D eigenvalue weighted by atomic mass is 10.2. The van der Waals surface area contributed by atoms with E-state index in [4.69, 9.17) is 15.9 Å². The van der Waals surface area contributed by atoms with Crippen molar-refractivity contribution in [2.45, 2.75) is 6.92 Å². The summed E-state index contributed by atoms with van der Waals surface area (Å²) >= 11 is 0. The molecule has 1 aromatic heterocycles. The van der Waals surface area contributed by atoms with Crippen LogP contribution in [0, 0.1) is 22.4 Å². The molecule has 0 bridgehead atoms. The highest BCUT2D eigenvalue weighted by atomic mass is 16.6. The Bertz CT molecular complexity index is 687. The van der Waals surface area contributed by atoms with Crippen LogP contribution in [-0.2, 0) is 0 Å². The minimum absolute atomic E-state index is 0.0201. The Balaban J connectivity index is 2.28. The second kappa shape index (κ2) is 5.31. The Labute approximate surface area is 113 Å². The van der Waals surface area contributed by atoms with E-state index in [2.05, 4.69) is 9.97 Å². The van der Waals surface area contributed by atoms with Gasteiger partial charge in [-0.2, -0.15) is 4.98 Å². The Morgan fingerprint density at radius 3 is 2.80 bits per heavy atom. The molecule has 3 N–H and O–H groups in total. The van der Waals surface area contributed by atoms with Gasteiger partial charge in [0, 0.05) is 18.3 Å². The van der Waals surface area contributed by atoms with E-state index < -0.39 is 4.92 Å². The van der Waals surface area contributed by atoms with Crippen LogP contribution in [0.25, 0.3) is 0 Å². The molecule has 2 aromatic rings. The Morgan fingerprint density at radius 1 is 1.45 bits per heavy atom. The van der Waals surface area contributed by atoms with Gasteiger partial charge < -0.3 is 10.5 Å². The number of rotatable bonds is 4. The van der Waals surface area contributed by atoms with Crippen LogP contribution in [-0.4, -0.2) is 20.7 Å². The van der Waals surface area contributed by atoms with Crippen molar-refractivity contribution in [2.75, 3.05) is 0 Å². The molecule has 0 aliphatic rings. The minimum atomic E-state index is -0.482. The van der Waals surface area contributed by atoms with E-state index in [1.54, 1.807) is 6.92 Å². The average Bonchev–Trinajstić information content (AvgIpc) is 2.41. The fraction of sp³-hybridized carbons (Fsp3) is 0.0833. The fourth-order valence-electron chi connectivity index (χ4n) is 1.50. The minimum Gasteiger partial charge on any atom is -0.424 e. The number of nitrogens with one attached hydrogen (secondary N) is 1. The van der Waals surface area contributed by atoms with Crippen LogP contribution in [0.2, 0.25) is 0 Å². The van der Waals surface area contributed by atoms with E-state index in [9.17, 15) is 10.1 Å². The van der Waals surface area contributed by atoms with E-state index in [0.717, 1.165) is 0 Å². The zero-order valence-corrected chi connectivity index (χ0v) is 10.5. The third kappa shape index (κ3) is 2.86. The number of nitrogen functional groups attached to an aromatic ring is 1. The van der Waals surface area contributed by atoms with Crippen molar-refractivity contribution in [3.63, 3.8) is 0 Å². The summed E-state index contributed by atoms with van der Waals surface area (Å²) in [6, 6.07) is 5.70. The average molecular weight is 273 g/mol. The summed E-state index contributed by atoms with van der Waals surface area (Å²) in [6.07, 6.45) is 1.42. The maximum absolute atomic E-state index is 10.6. The summed E-state index contributed by atoms with van der Waals surface area (Å²) in [4.78, 5) is 18.0. The maximum atomic E-state index is 10.6. The molecule has 0 spiro atoms. The van der Waals surface area contributed by atoms with Gasteiger partial charge in [-0.05, 0) is 24.6 Å². The van der Waals surface area contributed by atoms with Gasteiger partial charge in [-0.25, -0.2) is 4.98 Å². The molecule has 0 radical (unpaired) electrons. The fourth-order valence-corrected chi connectivity index (χ4v) is 1.50. The van der Waals surface area contributed by atoms with Gasteiger partial charge in [0.1, 0.15) is 17.3 Å². The predicted octanol–water partition coefficient (Wildman–Crippen LogP) is 1.77. The van der Waals surface area contributed by atoms with Crippen LogP contribution in [0.3, 0.4) is 0 Å². The summed E-state index contributed by atoms with van der Waals surface area (Å²) in [5.41, 5.74) is 6.13. The molecule has 20 heavy (non-hydrogen) atoms. The van der Waals surface area contributed by atoms with Gasteiger partial charge in [0.05, 0.1) is 4.92 Å². The first-order valence-corrected chi connectivity index (χ1v) is 5.57. The number of aryl methyl sites for hydroxylation is 1. The summed E-state index contributed by atoms with van der Waals surface area (Å²) < 4.78 is 5.44. The van der Waals surface area contributed by atoms with Gasteiger partial charge in [0.15, 0.2) is 0 Å². The van der Waals surface area contributed by atoms with E-state index in [1.165, 1.54) is 30.5 Å². The molecule has 0 aliphatic carbocycles. The smallest absolute Gasteiger partial charge is 0.322 e. The second-order valence-electron chi connectivity index (χ2n) is 3.95. The molecule has 8 nitrogen and oxygen atoms in total. The molecule has 0 fully saturated rings. The van der Waals surface area contributed by atoms with Crippen molar-refractivity contribution in [1.82, 2.24) is 9.97 Å². The first kappa shape index (κ1) is 13.4. The summed E-state index contributed by atoms with van der Waals surface area (Å²) in [5.74, 6) is 0.203. The first-order chi connectivity index (χ1) is 9.47. The van der Waals surface area contributed by atoms with Crippen molar-refractivity contribution in [1.29, 1.82) is 5.41 Å². The van der Waals surface area contributed by atoms with Crippen molar-refractivity contribution >= 4 is 11.5 Å². The number of benzene rings is 1. The zero-order chi connectivity index (χ0) is 14.7. The molecule has 0 saturated heterocycles. The Morgan fingerprint density at radius 2 is 2.20 bits per heavy atom. The van der Waals surface area contributed by atoms with Crippen LogP contribution in [0.1, 0.15) is 11.3 Å². The number of aromatic nitrogens is 2. The number of nitrogens with zero attached hydrogens (tertiary/aromatic N) is 3. The third-order valence-electron chi connectivity index (χ3n) is 2.48. The number of nitro groups is 1. The number of ether oxygens (including phenoxy) is 1. The van der Waals surface area contributed by atoms with Gasteiger partial charge in [-0.3, -0.25) is 15.5 Å². The third-order valence-corrected chi connectivity index (χ3v) is 2.48. The van der Waals surface area contributed by atoms with Gasteiger partial charge in [-0.15, -0.1) is 0 Å². The number of amidine groups is 1. The molecule has 0 unspecified atom stereocenters. The highest BCUT2D eigenvalue weighted by molar-refractivity contribution is 5.92. The van der Waals surface area contributed by atoms with Gasteiger partial charge >= 0.3 is 6.01 Å². The zero-order valence-electron chi connectivity index (χ0n) is 10.5. The molecular weight excluding hydrogens is 262 g/mol. The van der Waals surface area contributed by atoms with Crippen LogP contribution in [0.15, 0.2) is 30.5 Å². The molecule has 0 saturated carbocycles. The molecule has 102 valence electrons. The SMILES string of the molecule is Cc1cc([N+](=O)[O-])ccc1Oc1nccc(C(=N)N)n1. The number of nitro benzene ring substituents is 1. The Kier molecular flexibility index (Phi) is 3.56. The predicted molar refractivity (Wildman–Crippen MR) is 71.0 cm³/mol. The number of hydrogen-bond acceptors (Lipinski definition) is 6. The van der Waals surface area contributed by atoms with E-state index in [-0.39, 0.29) is 23.2 Å². The molecule has 1 heterocycles. The molecular formula is C12H11N5O3. The maximum Gasteiger partial charge on any atom is 0.322 e. The normalized spacial score (nSPS) is 10.1. The lowest BCUT2D eigenvalue weighted by Gasteiger charge is -2.07. The van der Waals surface area contributed by atoms with Crippen molar-refractivity contribution in [2.24, 2.45) is 5.73 Å². The van der Waals surface area contributed by atoms with Gasteiger partial charge in [0.25, 0.3) is 5.69 Å². The van der Waals surface area contributed by atoms with Gasteiger partial charge in [-0.1, -0.05) is 0 Å². The van der Waals surface area contributed by atoms with Crippen molar-refractivity contribution in [3.05, 3.63) is 51.8 Å². The van der Waals surface area contributed by atoms with Crippen LogP contribution >= 0.6 is 0 Å². The lowest BCUT2D eigenvalue weighted by molar-refractivity contribution is -0.384. The number of nitrogens with two attached hydrogens (primary N) is 1. The van der Waals surface area contributed by atoms with E-state index >= 15 is 0 Å². The highest BCUT2D eigenvalue weighted by Gasteiger charge is 2.11. The van der Waals surface area contributed by atoms with Crippen LogP contribution in [0.4, 0.5) is 5.69 Å². The topological polar surface area (TPSA) is 128 Å². The molecule has 0 amide bonds. The van der Waals surface area contributed by atoms with E-state index in [0.29, 0.717) is 11.3 Å². The van der Waals surface area contributed by atoms with Gasteiger partial charge in [0.2, 0.25) is 0 Å². The Hall–Kier alpha value is -3.03. The largest absolute Gasteiger partial charge is 0.424 e. The lowest BCUT2D eigenvalue weighted by Crippen LogP contribution is -2.13. The number of non-ortho nitro benzene ring substituents is 1. The van der Waals surface area contributed by atoms with Crippen molar-refractivity contribution < 1.29 is 9.66 Å².